The summed E-state index contributed by atoms with van der Waals surface area (Å²) in [7, 11) is 1.74. The zero-order valence-electron chi connectivity index (χ0n) is 16.0. The normalized spacial score (nSPS) is 23.6. The summed E-state index contributed by atoms with van der Waals surface area (Å²) in [4.78, 5) is 6.79. The molecule has 4 rings (SSSR count). The van der Waals surface area contributed by atoms with E-state index in [4.69, 9.17) is 0 Å². The summed E-state index contributed by atoms with van der Waals surface area (Å²) in [5, 5.41) is 11.1. The second kappa shape index (κ2) is 8.57. The largest absolute Gasteiger partial charge is 0.354 e. The van der Waals surface area contributed by atoms with Crippen molar-refractivity contribution >= 4 is 17.3 Å². The number of piperidine rings is 1. The Morgan fingerprint density at radius 2 is 1.93 bits per heavy atom. The Hall–Kier alpha value is -1.99. The highest BCUT2D eigenvalue weighted by molar-refractivity contribution is 7.07. The summed E-state index contributed by atoms with van der Waals surface area (Å²) in [6, 6.07) is 6.63. The fourth-order valence-electron chi connectivity index (χ4n) is 3.95. The zero-order chi connectivity index (χ0) is 19.5. The van der Waals surface area contributed by atoms with E-state index in [2.05, 4.69) is 37.4 Å². The van der Waals surface area contributed by atoms with Crippen LogP contribution in [0.4, 0.5) is 8.78 Å². The van der Waals surface area contributed by atoms with Crippen LogP contribution >= 0.6 is 11.3 Å². The summed E-state index contributed by atoms with van der Waals surface area (Å²) in [6.07, 6.45) is 2.83. The van der Waals surface area contributed by atoms with Crippen molar-refractivity contribution in [3.8, 4) is 0 Å². The molecule has 2 aliphatic rings. The van der Waals surface area contributed by atoms with Gasteiger partial charge in [-0.1, -0.05) is 6.07 Å². The Kier molecular flexibility index (Phi) is 5.92. The van der Waals surface area contributed by atoms with Crippen molar-refractivity contribution < 1.29 is 8.78 Å². The van der Waals surface area contributed by atoms with Crippen molar-refractivity contribution in [2.45, 2.75) is 43.8 Å². The van der Waals surface area contributed by atoms with E-state index in [1.807, 2.05) is 0 Å². The van der Waals surface area contributed by atoms with E-state index in [-0.39, 0.29) is 17.5 Å². The molecule has 1 aliphatic heterocycles. The highest BCUT2D eigenvalue weighted by Gasteiger charge is 2.42. The summed E-state index contributed by atoms with van der Waals surface area (Å²) in [5.74, 6) is -0.335. The van der Waals surface area contributed by atoms with Crippen molar-refractivity contribution in [3.05, 3.63) is 57.8 Å². The molecule has 0 bridgehead atoms. The lowest BCUT2D eigenvalue weighted by atomic mass is 10.0. The first-order valence-electron chi connectivity index (χ1n) is 9.81. The standard InChI is InChI=1S/C21H26F2N4S/c1-24-21(26-19-11-16(19)20-17(22)3-2-4-18(20)23)25-15-5-8-27(9-6-15)12-14-7-10-28-13-14/h2-4,7,10,13,15-16,19H,5-6,8-9,11-12H2,1H3,(H2,24,25,26). The SMILES string of the molecule is CN=C(NC1CCN(Cc2ccsc2)CC1)NC1CC1c1c(F)cccc1F. The lowest BCUT2D eigenvalue weighted by molar-refractivity contribution is 0.198. The number of thiophene rings is 1. The maximum atomic E-state index is 14.0. The molecule has 1 aromatic carbocycles. The number of hydrogen-bond acceptors (Lipinski definition) is 3. The van der Waals surface area contributed by atoms with Crippen molar-refractivity contribution in [2.24, 2.45) is 4.99 Å². The Morgan fingerprint density at radius 3 is 2.57 bits per heavy atom. The number of aliphatic imine (C=N–C) groups is 1. The fraction of sp³-hybridized carbons (Fsp3) is 0.476. The van der Waals surface area contributed by atoms with Crippen LogP contribution in [0.25, 0.3) is 0 Å². The van der Waals surface area contributed by atoms with Crippen molar-refractivity contribution in [2.75, 3.05) is 20.1 Å². The summed E-state index contributed by atoms with van der Waals surface area (Å²) >= 11 is 1.74. The molecule has 2 N–H and O–H groups in total. The summed E-state index contributed by atoms with van der Waals surface area (Å²) in [6.45, 7) is 3.12. The van der Waals surface area contributed by atoms with Gasteiger partial charge >= 0.3 is 0 Å². The fourth-order valence-corrected chi connectivity index (χ4v) is 4.61. The van der Waals surface area contributed by atoms with Gasteiger partial charge in [0.25, 0.3) is 0 Å². The van der Waals surface area contributed by atoms with Gasteiger partial charge in [-0.3, -0.25) is 9.89 Å². The summed E-state index contributed by atoms with van der Waals surface area (Å²) < 4.78 is 27.9. The average Bonchev–Trinajstić information content (AvgIpc) is 3.22. The quantitative estimate of drug-likeness (QED) is 0.590. The average molecular weight is 405 g/mol. The van der Waals surface area contributed by atoms with Gasteiger partial charge in [-0.2, -0.15) is 11.3 Å². The van der Waals surface area contributed by atoms with Gasteiger partial charge in [0.15, 0.2) is 5.96 Å². The number of benzene rings is 1. The number of halogens is 2. The number of nitrogens with one attached hydrogen (secondary N) is 2. The Bertz CT molecular complexity index is 796. The minimum atomic E-state index is -0.463. The van der Waals surface area contributed by atoms with Crippen LogP contribution in [0.3, 0.4) is 0 Å². The minimum absolute atomic E-state index is 0.0243. The lowest BCUT2D eigenvalue weighted by Crippen LogP contribution is -2.49. The Morgan fingerprint density at radius 1 is 1.18 bits per heavy atom. The first-order valence-corrected chi connectivity index (χ1v) is 10.8. The van der Waals surface area contributed by atoms with E-state index in [9.17, 15) is 8.78 Å². The van der Waals surface area contributed by atoms with Crippen LogP contribution in [-0.2, 0) is 6.54 Å². The Labute approximate surface area is 168 Å². The number of rotatable bonds is 5. The molecule has 1 saturated heterocycles. The topological polar surface area (TPSA) is 39.7 Å². The number of nitrogens with zero attached hydrogens (tertiary/aromatic N) is 2. The van der Waals surface area contributed by atoms with E-state index in [0.717, 1.165) is 44.9 Å². The van der Waals surface area contributed by atoms with Gasteiger partial charge in [0, 0.05) is 50.2 Å². The van der Waals surface area contributed by atoms with Gasteiger partial charge in [0.05, 0.1) is 0 Å². The molecule has 0 amide bonds. The number of likely N-dealkylation sites (tertiary alicyclic amines) is 1. The highest BCUT2D eigenvalue weighted by Crippen LogP contribution is 2.43. The van der Waals surface area contributed by atoms with Crippen LogP contribution in [0.2, 0.25) is 0 Å². The van der Waals surface area contributed by atoms with Crippen LogP contribution in [0.5, 0.6) is 0 Å². The minimum Gasteiger partial charge on any atom is -0.354 e. The maximum absolute atomic E-state index is 14.0. The van der Waals surface area contributed by atoms with Gasteiger partial charge in [-0.15, -0.1) is 0 Å². The third kappa shape index (κ3) is 4.52. The number of hydrogen-bond donors (Lipinski definition) is 2. The van der Waals surface area contributed by atoms with Gasteiger partial charge in [-0.25, -0.2) is 8.78 Å². The molecular weight excluding hydrogens is 378 g/mol. The molecule has 2 fully saturated rings. The van der Waals surface area contributed by atoms with Gasteiger partial charge < -0.3 is 10.6 Å². The number of guanidine groups is 1. The molecular formula is C21H26F2N4S. The van der Waals surface area contributed by atoms with Crippen molar-refractivity contribution in [1.29, 1.82) is 0 Å². The molecule has 150 valence electrons. The van der Waals surface area contributed by atoms with Crippen LogP contribution in [0.1, 0.15) is 36.3 Å². The molecule has 28 heavy (non-hydrogen) atoms. The third-order valence-corrected chi connectivity index (χ3v) is 6.35. The smallest absolute Gasteiger partial charge is 0.191 e. The molecule has 2 heterocycles. The van der Waals surface area contributed by atoms with E-state index < -0.39 is 11.6 Å². The molecule has 1 aromatic heterocycles. The van der Waals surface area contributed by atoms with Crippen LogP contribution < -0.4 is 10.6 Å². The predicted octanol–water partition coefficient (Wildman–Crippen LogP) is 3.71. The third-order valence-electron chi connectivity index (χ3n) is 5.62. The molecule has 1 aliphatic carbocycles. The first-order chi connectivity index (χ1) is 13.6. The monoisotopic (exact) mass is 404 g/mol. The molecule has 1 saturated carbocycles. The van der Waals surface area contributed by atoms with E-state index in [1.54, 1.807) is 18.4 Å². The molecule has 2 unspecified atom stereocenters. The predicted molar refractivity (Wildman–Crippen MR) is 110 cm³/mol. The van der Waals surface area contributed by atoms with Crippen LogP contribution in [-0.4, -0.2) is 43.1 Å². The molecule has 7 heteroatoms. The second-order valence-electron chi connectivity index (χ2n) is 7.63. The van der Waals surface area contributed by atoms with Crippen LogP contribution in [0, 0.1) is 11.6 Å². The molecule has 2 atom stereocenters. The molecule has 0 radical (unpaired) electrons. The first kappa shape index (κ1) is 19.3. The molecule has 0 spiro atoms. The van der Waals surface area contributed by atoms with E-state index >= 15 is 0 Å². The molecule has 4 nitrogen and oxygen atoms in total. The van der Waals surface area contributed by atoms with Crippen molar-refractivity contribution in [1.82, 2.24) is 15.5 Å². The zero-order valence-corrected chi connectivity index (χ0v) is 16.8. The van der Waals surface area contributed by atoms with Gasteiger partial charge in [0.2, 0.25) is 0 Å². The van der Waals surface area contributed by atoms with Gasteiger partial charge in [0.1, 0.15) is 11.6 Å². The lowest BCUT2D eigenvalue weighted by Gasteiger charge is -2.33. The van der Waals surface area contributed by atoms with E-state index in [1.165, 1.54) is 23.8 Å². The summed E-state index contributed by atoms with van der Waals surface area (Å²) in [5.41, 5.74) is 1.58. The van der Waals surface area contributed by atoms with E-state index in [0.29, 0.717) is 6.04 Å². The highest BCUT2D eigenvalue weighted by atomic mass is 32.1. The maximum Gasteiger partial charge on any atom is 0.191 e. The molecule has 2 aromatic rings. The Balaban J connectivity index is 1.25. The van der Waals surface area contributed by atoms with Crippen molar-refractivity contribution in [3.63, 3.8) is 0 Å². The van der Waals surface area contributed by atoms with Gasteiger partial charge in [-0.05, 0) is 53.8 Å². The van der Waals surface area contributed by atoms with Crippen LogP contribution in [0.15, 0.2) is 40.0 Å². The second-order valence-corrected chi connectivity index (χ2v) is 8.41.